The van der Waals surface area contributed by atoms with Gasteiger partial charge in [0.1, 0.15) is 13.2 Å². The molecule has 0 amide bonds. The van der Waals surface area contributed by atoms with Crippen LogP contribution < -0.4 is 9.47 Å². The maximum atomic E-state index is 11.9. The van der Waals surface area contributed by atoms with Crippen LogP contribution >= 0.6 is 0 Å². The predicted octanol–water partition coefficient (Wildman–Crippen LogP) is 0.925. The van der Waals surface area contributed by atoms with Gasteiger partial charge in [0.15, 0.2) is 11.5 Å². The SMILES string of the molecule is CCS(=O)(=O)N1CCN(Cc2cccc3c2OCCO3)CC1. The van der Waals surface area contributed by atoms with Gasteiger partial charge in [0.2, 0.25) is 10.0 Å². The smallest absolute Gasteiger partial charge is 0.213 e. The second-order valence-electron chi connectivity index (χ2n) is 5.52. The van der Waals surface area contributed by atoms with Crippen molar-refractivity contribution in [1.82, 2.24) is 9.21 Å². The molecule has 6 nitrogen and oxygen atoms in total. The van der Waals surface area contributed by atoms with Crippen molar-refractivity contribution in [2.45, 2.75) is 13.5 Å². The molecule has 7 heteroatoms. The van der Waals surface area contributed by atoms with Crippen molar-refractivity contribution in [2.24, 2.45) is 0 Å². The Bertz CT molecular complexity index is 624. The molecule has 0 N–H and O–H groups in total. The maximum absolute atomic E-state index is 11.9. The number of piperazine rings is 1. The molecule has 0 aromatic heterocycles. The summed E-state index contributed by atoms with van der Waals surface area (Å²) in [6, 6.07) is 5.94. The van der Waals surface area contributed by atoms with Gasteiger partial charge in [0.05, 0.1) is 5.75 Å². The summed E-state index contributed by atoms with van der Waals surface area (Å²) in [7, 11) is -3.07. The van der Waals surface area contributed by atoms with Gasteiger partial charge in [-0.2, -0.15) is 4.31 Å². The average molecular weight is 326 g/mol. The molecule has 0 aliphatic carbocycles. The molecule has 0 bridgehead atoms. The molecule has 0 saturated carbocycles. The second-order valence-corrected chi connectivity index (χ2v) is 7.77. The molecule has 1 fully saturated rings. The van der Waals surface area contributed by atoms with E-state index in [0.29, 0.717) is 26.3 Å². The zero-order chi connectivity index (χ0) is 15.6. The molecule has 0 atom stereocenters. The molecule has 0 radical (unpaired) electrons. The van der Waals surface area contributed by atoms with Gasteiger partial charge >= 0.3 is 0 Å². The van der Waals surface area contributed by atoms with Crippen LogP contribution in [0.4, 0.5) is 0 Å². The van der Waals surface area contributed by atoms with Crippen molar-refractivity contribution < 1.29 is 17.9 Å². The number of para-hydroxylation sites is 1. The fourth-order valence-corrected chi connectivity index (χ4v) is 3.93. The van der Waals surface area contributed by atoms with Crippen LogP contribution in [0.1, 0.15) is 12.5 Å². The first-order valence-electron chi connectivity index (χ1n) is 7.68. The molecular weight excluding hydrogens is 304 g/mol. The zero-order valence-electron chi connectivity index (χ0n) is 12.8. The Morgan fingerprint density at radius 2 is 1.82 bits per heavy atom. The first-order chi connectivity index (χ1) is 10.6. The van der Waals surface area contributed by atoms with Gasteiger partial charge < -0.3 is 9.47 Å². The van der Waals surface area contributed by atoms with Crippen LogP contribution in [0.15, 0.2) is 18.2 Å². The Hall–Kier alpha value is -1.31. The van der Waals surface area contributed by atoms with Crippen LogP contribution in [0.3, 0.4) is 0 Å². The summed E-state index contributed by atoms with van der Waals surface area (Å²) < 4.78 is 36.7. The van der Waals surface area contributed by atoms with Crippen molar-refractivity contribution in [2.75, 3.05) is 45.1 Å². The Morgan fingerprint density at radius 3 is 2.55 bits per heavy atom. The second kappa shape index (κ2) is 6.44. The maximum Gasteiger partial charge on any atom is 0.213 e. The third-order valence-electron chi connectivity index (χ3n) is 4.13. The topological polar surface area (TPSA) is 59.1 Å². The molecule has 2 heterocycles. The minimum Gasteiger partial charge on any atom is -0.486 e. The third-order valence-corrected chi connectivity index (χ3v) is 6.01. The third kappa shape index (κ3) is 3.21. The van der Waals surface area contributed by atoms with Crippen LogP contribution in [0, 0.1) is 0 Å². The van der Waals surface area contributed by atoms with Crippen LogP contribution in [-0.4, -0.2) is 62.8 Å². The van der Waals surface area contributed by atoms with E-state index in [9.17, 15) is 8.42 Å². The van der Waals surface area contributed by atoms with Gasteiger partial charge in [0, 0.05) is 38.3 Å². The van der Waals surface area contributed by atoms with Gasteiger partial charge in [-0.25, -0.2) is 8.42 Å². The van der Waals surface area contributed by atoms with Crippen LogP contribution in [0.5, 0.6) is 11.5 Å². The lowest BCUT2D eigenvalue weighted by atomic mass is 10.1. The summed E-state index contributed by atoms with van der Waals surface area (Å²) in [5.41, 5.74) is 1.10. The van der Waals surface area contributed by atoms with Crippen molar-refractivity contribution in [3.8, 4) is 11.5 Å². The monoisotopic (exact) mass is 326 g/mol. The van der Waals surface area contributed by atoms with Gasteiger partial charge in [-0.1, -0.05) is 12.1 Å². The van der Waals surface area contributed by atoms with E-state index in [0.717, 1.165) is 36.7 Å². The number of fused-ring (bicyclic) bond motifs is 1. The summed E-state index contributed by atoms with van der Waals surface area (Å²) in [5.74, 6) is 1.80. The normalized spacial score (nSPS) is 20.0. The lowest BCUT2D eigenvalue weighted by molar-refractivity contribution is 0.158. The van der Waals surface area contributed by atoms with E-state index in [1.807, 2.05) is 18.2 Å². The molecule has 1 aromatic carbocycles. The lowest BCUT2D eigenvalue weighted by Gasteiger charge is -2.34. The molecule has 122 valence electrons. The van der Waals surface area contributed by atoms with Gasteiger partial charge in [-0.05, 0) is 13.0 Å². The summed E-state index contributed by atoms with van der Waals surface area (Å²) in [6.07, 6.45) is 0. The molecule has 0 spiro atoms. The number of hydrogen-bond donors (Lipinski definition) is 0. The van der Waals surface area contributed by atoms with Gasteiger partial charge in [-0.15, -0.1) is 0 Å². The molecule has 2 aliphatic rings. The van der Waals surface area contributed by atoms with E-state index >= 15 is 0 Å². The fraction of sp³-hybridized carbons (Fsp3) is 0.600. The van der Waals surface area contributed by atoms with E-state index in [2.05, 4.69) is 4.90 Å². The summed E-state index contributed by atoms with van der Waals surface area (Å²) in [4.78, 5) is 2.26. The summed E-state index contributed by atoms with van der Waals surface area (Å²) >= 11 is 0. The number of nitrogens with zero attached hydrogens (tertiary/aromatic N) is 2. The van der Waals surface area contributed by atoms with Crippen molar-refractivity contribution in [3.05, 3.63) is 23.8 Å². The Balaban J connectivity index is 1.64. The quantitative estimate of drug-likeness (QED) is 0.824. The van der Waals surface area contributed by atoms with E-state index in [-0.39, 0.29) is 5.75 Å². The number of ether oxygens (including phenoxy) is 2. The van der Waals surface area contributed by atoms with Crippen molar-refractivity contribution in [3.63, 3.8) is 0 Å². The van der Waals surface area contributed by atoms with E-state index in [1.54, 1.807) is 11.2 Å². The first kappa shape index (κ1) is 15.6. The predicted molar refractivity (Wildman–Crippen MR) is 83.7 cm³/mol. The number of hydrogen-bond acceptors (Lipinski definition) is 5. The van der Waals surface area contributed by atoms with Crippen LogP contribution in [-0.2, 0) is 16.6 Å². The minimum absolute atomic E-state index is 0.171. The largest absolute Gasteiger partial charge is 0.486 e. The molecule has 0 unspecified atom stereocenters. The highest BCUT2D eigenvalue weighted by Crippen LogP contribution is 2.34. The Labute approximate surface area is 131 Å². The number of sulfonamides is 1. The fourth-order valence-electron chi connectivity index (χ4n) is 2.85. The number of benzene rings is 1. The zero-order valence-corrected chi connectivity index (χ0v) is 13.6. The molecule has 1 aromatic rings. The minimum atomic E-state index is -3.07. The molecule has 1 saturated heterocycles. The lowest BCUT2D eigenvalue weighted by Crippen LogP contribution is -2.48. The molecular formula is C15H22N2O4S. The van der Waals surface area contributed by atoms with Gasteiger partial charge in [-0.3, -0.25) is 4.90 Å². The number of rotatable bonds is 4. The summed E-state index contributed by atoms with van der Waals surface area (Å²) in [5, 5.41) is 0. The van der Waals surface area contributed by atoms with E-state index in [1.165, 1.54) is 0 Å². The van der Waals surface area contributed by atoms with Gasteiger partial charge in [0.25, 0.3) is 0 Å². The average Bonchev–Trinajstić information content (AvgIpc) is 2.56. The van der Waals surface area contributed by atoms with Crippen LogP contribution in [0.25, 0.3) is 0 Å². The van der Waals surface area contributed by atoms with E-state index < -0.39 is 10.0 Å². The first-order valence-corrected chi connectivity index (χ1v) is 9.29. The van der Waals surface area contributed by atoms with Crippen molar-refractivity contribution >= 4 is 10.0 Å². The summed E-state index contributed by atoms with van der Waals surface area (Å²) in [6.45, 7) is 6.21. The standard InChI is InChI=1S/C15H22N2O4S/c1-2-22(18,19)17-8-6-16(7-9-17)12-13-4-3-5-14-15(13)21-11-10-20-14/h3-5H,2,6-12H2,1H3. The Morgan fingerprint density at radius 1 is 1.09 bits per heavy atom. The van der Waals surface area contributed by atoms with Crippen LogP contribution in [0.2, 0.25) is 0 Å². The molecule has 22 heavy (non-hydrogen) atoms. The van der Waals surface area contributed by atoms with Crippen molar-refractivity contribution in [1.29, 1.82) is 0 Å². The highest BCUT2D eigenvalue weighted by atomic mass is 32.2. The van der Waals surface area contributed by atoms with E-state index in [4.69, 9.17) is 9.47 Å². The molecule has 3 rings (SSSR count). The molecule has 2 aliphatic heterocycles. The Kier molecular flexibility index (Phi) is 4.56. The highest BCUT2D eigenvalue weighted by Gasteiger charge is 2.26. The highest BCUT2D eigenvalue weighted by molar-refractivity contribution is 7.89.